The monoisotopic (exact) mass is 543 g/mol. The molecule has 0 aliphatic rings. The molecule has 198 valence electrons. The summed E-state index contributed by atoms with van der Waals surface area (Å²) in [4.78, 5) is 23.4. The van der Waals surface area contributed by atoms with Crippen LogP contribution in [0.1, 0.15) is 15.9 Å². The average Bonchev–Trinajstić information content (AvgIpc) is 3.24. The number of aliphatic imine (C=N–C) groups is 1. The summed E-state index contributed by atoms with van der Waals surface area (Å²) in [5, 5.41) is 15.9. The first-order chi connectivity index (χ1) is 18.1. The van der Waals surface area contributed by atoms with E-state index in [0.29, 0.717) is 45.5 Å². The van der Waals surface area contributed by atoms with Crippen LogP contribution >= 0.6 is 11.3 Å². The fourth-order valence-corrected chi connectivity index (χ4v) is 4.35. The minimum Gasteiger partial charge on any atom is -0.508 e. The molecule has 0 saturated carbocycles. The van der Waals surface area contributed by atoms with Crippen molar-refractivity contribution < 1.29 is 27.8 Å². The van der Waals surface area contributed by atoms with Crippen molar-refractivity contribution in [3.05, 3.63) is 77.9 Å². The van der Waals surface area contributed by atoms with Gasteiger partial charge in [-0.05, 0) is 54.4 Å². The molecule has 12 heteroatoms. The van der Waals surface area contributed by atoms with Gasteiger partial charge in [0.2, 0.25) is 5.96 Å². The number of nitrogens with one attached hydrogen (secondary N) is 2. The van der Waals surface area contributed by atoms with Crippen LogP contribution in [0.5, 0.6) is 11.5 Å². The van der Waals surface area contributed by atoms with Gasteiger partial charge in [0.1, 0.15) is 11.5 Å². The van der Waals surface area contributed by atoms with Crippen molar-refractivity contribution in [1.82, 2.24) is 15.2 Å². The molecule has 8 nitrogen and oxygen atoms in total. The van der Waals surface area contributed by atoms with Crippen LogP contribution in [0.15, 0.2) is 71.7 Å². The summed E-state index contributed by atoms with van der Waals surface area (Å²) in [5.74, 6) is 0.0105. The van der Waals surface area contributed by atoms with Crippen molar-refractivity contribution in [2.45, 2.75) is 12.8 Å². The molecule has 0 fully saturated rings. The lowest BCUT2D eigenvalue weighted by molar-refractivity contribution is -0.274. The number of amides is 1. The molecule has 38 heavy (non-hydrogen) atoms. The molecule has 0 unspecified atom stereocenters. The summed E-state index contributed by atoms with van der Waals surface area (Å²) in [6.45, 7) is 0.396. The molecule has 0 spiro atoms. The Labute approximate surface area is 220 Å². The molecule has 0 atom stereocenters. The Balaban J connectivity index is 1.45. The van der Waals surface area contributed by atoms with Gasteiger partial charge >= 0.3 is 6.36 Å². The number of alkyl halides is 3. The maximum absolute atomic E-state index is 12.7. The molecule has 4 rings (SSSR count). The highest BCUT2D eigenvalue weighted by atomic mass is 32.1. The molecule has 0 aliphatic heterocycles. The number of rotatable bonds is 7. The molecule has 3 aromatic carbocycles. The molecule has 0 aliphatic carbocycles. The van der Waals surface area contributed by atoms with Crippen molar-refractivity contribution in [2.24, 2.45) is 4.99 Å². The maximum atomic E-state index is 12.7. The van der Waals surface area contributed by atoms with Crippen LogP contribution in [-0.4, -0.2) is 53.9 Å². The van der Waals surface area contributed by atoms with Crippen molar-refractivity contribution >= 4 is 44.2 Å². The number of aromatic hydroxyl groups is 1. The second-order valence-corrected chi connectivity index (χ2v) is 9.41. The fraction of sp³-hybridized carbons (Fsp3) is 0.192. The van der Waals surface area contributed by atoms with E-state index in [9.17, 15) is 23.1 Å². The Hall–Kier alpha value is -4.32. The van der Waals surface area contributed by atoms with Gasteiger partial charge in [-0.2, -0.15) is 0 Å². The Morgan fingerprint density at radius 3 is 2.63 bits per heavy atom. The number of phenols is 1. The third-order valence-corrected chi connectivity index (χ3v) is 6.12. The number of thiazole rings is 1. The van der Waals surface area contributed by atoms with Gasteiger partial charge in [0.05, 0.1) is 15.9 Å². The van der Waals surface area contributed by atoms with Crippen LogP contribution in [-0.2, 0) is 6.42 Å². The summed E-state index contributed by atoms with van der Waals surface area (Å²) in [6.07, 6.45) is -4.21. The summed E-state index contributed by atoms with van der Waals surface area (Å²) in [5.41, 5.74) is 2.36. The summed E-state index contributed by atoms with van der Waals surface area (Å²) >= 11 is 1.15. The number of aromatic nitrogens is 1. The van der Waals surface area contributed by atoms with Gasteiger partial charge in [0.25, 0.3) is 5.91 Å². The van der Waals surface area contributed by atoms with Crippen LogP contribution < -0.4 is 15.4 Å². The number of carbonyl (C=O) groups excluding carboxylic acids is 1. The minimum atomic E-state index is -4.78. The zero-order valence-electron chi connectivity index (χ0n) is 20.4. The highest BCUT2D eigenvalue weighted by Crippen LogP contribution is 2.32. The molecule has 0 saturated heterocycles. The Bertz CT molecular complexity index is 1470. The highest BCUT2D eigenvalue weighted by molar-refractivity contribution is 7.22. The molecule has 1 amide bonds. The predicted octanol–water partition coefficient (Wildman–Crippen LogP) is 5.53. The summed E-state index contributed by atoms with van der Waals surface area (Å²) in [7, 11) is 3.54. The standard InChI is InChI=1S/C26H24F3N5O3S/c1-34(2)24(33-25-32-21-10-9-20(15-22(21)38-25)37-26(27,28)29)31-18-7-4-6-17(14-18)23(36)30-12-11-16-5-3-8-19(35)13-16/h3-10,13-15,35H,11-12H2,1-2H3,(H,30,36)(H,31,32,33). The second-order valence-electron chi connectivity index (χ2n) is 8.38. The first kappa shape index (κ1) is 26.7. The quantitative estimate of drug-likeness (QED) is 0.209. The van der Waals surface area contributed by atoms with Crippen LogP contribution in [0, 0.1) is 0 Å². The van der Waals surface area contributed by atoms with E-state index >= 15 is 0 Å². The molecule has 0 radical (unpaired) electrons. The SMILES string of the molecule is CN(C)/C(=N\c1cccc(C(=O)NCCc2cccc(O)c2)c1)Nc1nc2ccc(OC(F)(F)F)cc2s1. The lowest BCUT2D eigenvalue weighted by Gasteiger charge is -2.16. The number of nitrogens with zero attached hydrogens (tertiary/aromatic N) is 3. The number of ether oxygens (including phenoxy) is 1. The fourth-order valence-electron chi connectivity index (χ4n) is 3.46. The Morgan fingerprint density at radius 1 is 1.11 bits per heavy atom. The summed E-state index contributed by atoms with van der Waals surface area (Å²) < 4.78 is 42.1. The number of phenolic OH excluding ortho intramolecular Hbond substituents is 1. The number of hydrogen-bond donors (Lipinski definition) is 3. The molecule has 1 aromatic heterocycles. The van der Waals surface area contributed by atoms with Gasteiger partial charge in [0.15, 0.2) is 5.13 Å². The van der Waals surface area contributed by atoms with Crippen LogP contribution in [0.25, 0.3) is 10.2 Å². The van der Waals surface area contributed by atoms with Gasteiger partial charge in [0, 0.05) is 32.3 Å². The number of fused-ring (bicyclic) bond motifs is 1. The number of benzene rings is 3. The highest BCUT2D eigenvalue weighted by Gasteiger charge is 2.31. The molecule has 1 heterocycles. The van der Waals surface area contributed by atoms with Crippen LogP contribution in [0.3, 0.4) is 0 Å². The van der Waals surface area contributed by atoms with Gasteiger partial charge in [-0.25, -0.2) is 9.98 Å². The first-order valence-electron chi connectivity index (χ1n) is 11.4. The number of halogens is 3. The maximum Gasteiger partial charge on any atom is 0.573 e. The van der Waals surface area contributed by atoms with E-state index in [1.54, 1.807) is 61.5 Å². The number of hydrogen-bond acceptors (Lipinski definition) is 6. The number of guanidine groups is 1. The van der Waals surface area contributed by atoms with Crippen LogP contribution in [0.2, 0.25) is 0 Å². The van der Waals surface area contributed by atoms with E-state index in [2.05, 4.69) is 25.3 Å². The largest absolute Gasteiger partial charge is 0.573 e. The molecular weight excluding hydrogens is 519 g/mol. The van der Waals surface area contributed by atoms with Gasteiger partial charge in [-0.15, -0.1) is 13.2 Å². The molecular formula is C26H24F3N5O3S. The van der Waals surface area contributed by atoms with Gasteiger partial charge in [-0.3, -0.25) is 4.79 Å². The topological polar surface area (TPSA) is 99.1 Å². The predicted molar refractivity (Wildman–Crippen MR) is 141 cm³/mol. The Morgan fingerprint density at radius 2 is 1.89 bits per heavy atom. The minimum absolute atomic E-state index is 0.177. The molecule has 4 aromatic rings. The average molecular weight is 544 g/mol. The zero-order chi connectivity index (χ0) is 27.3. The zero-order valence-corrected chi connectivity index (χ0v) is 21.2. The Kier molecular flexibility index (Phi) is 8.01. The second kappa shape index (κ2) is 11.4. The molecule has 3 N–H and O–H groups in total. The van der Waals surface area contributed by atoms with Gasteiger partial charge < -0.3 is 25.4 Å². The van der Waals surface area contributed by atoms with E-state index in [1.807, 2.05) is 6.07 Å². The first-order valence-corrected chi connectivity index (χ1v) is 12.2. The van der Waals surface area contributed by atoms with E-state index in [-0.39, 0.29) is 17.4 Å². The van der Waals surface area contributed by atoms with Crippen molar-refractivity contribution in [2.75, 3.05) is 26.0 Å². The summed E-state index contributed by atoms with van der Waals surface area (Å²) in [6, 6.07) is 17.6. The third kappa shape index (κ3) is 7.35. The smallest absolute Gasteiger partial charge is 0.508 e. The van der Waals surface area contributed by atoms with E-state index < -0.39 is 6.36 Å². The van der Waals surface area contributed by atoms with E-state index in [1.165, 1.54) is 18.2 Å². The van der Waals surface area contributed by atoms with E-state index in [4.69, 9.17) is 0 Å². The number of carbonyl (C=O) groups is 1. The number of anilines is 1. The lowest BCUT2D eigenvalue weighted by atomic mass is 10.1. The van der Waals surface area contributed by atoms with Gasteiger partial charge in [-0.1, -0.05) is 29.5 Å². The van der Waals surface area contributed by atoms with Crippen molar-refractivity contribution in [1.29, 1.82) is 0 Å². The normalized spacial score (nSPS) is 11.9. The lowest BCUT2D eigenvalue weighted by Crippen LogP contribution is -2.29. The van der Waals surface area contributed by atoms with E-state index in [0.717, 1.165) is 16.9 Å². The van der Waals surface area contributed by atoms with Crippen molar-refractivity contribution in [3.63, 3.8) is 0 Å². The van der Waals surface area contributed by atoms with Crippen molar-refractivity contribution in [3.8, 4) is 11.5 Å². The molecule has 0 bridgehead atoms. The third-order valence-electron chi connectivity index (χ3n) is 5.19. The van der Waals surface area contributed by atoms with Crippen LogP contribution in [0.4, 0.5) is 24.0 Å².